The molecule has 0 fully saturated rings. The summed E-state index contributed by atoms with van der Waals surface area (Å²) in [4.78, 5) is 11.4. The summed E-state index contributed by atoms with van der Waals surface area (Å²) in [5.41, 5.74) is 3.47. The van der Waals surface area contributed by atoms with Gasteiger partial charge in [-0.25, -0.2) is 0 Å². The third kappa shape index (κ3) is 3.36. The first-order valence-corrected chi connectivity index (χ1v) is 7.44. The summed E-state index contributed by atoms with van der Waals surface area (Å²) >= 11 is 0. The number of carbonyl (C=O) groups is 1. The standard InChI is InChI=1S/C17H20N4O2/c1-10(19-16-9-14(21-23-16)17(2,3)4)18-12-6-5-11-7-15(22)20-13(11)8-12/h5-6,8-9,18-19H,1,7H2,2-4H3,(H,20,22). The fourth-order valence-corrected chi connectivity index (χ4v) is 2.33. The van der Waals surface area contributed by atoms with Gasteiger partial charge in [0, 0.05) is 22.9 Å². The van der Waals surface area contributed by atoms with Crippen molar-refractivity contribution in [1.29, 1.82) is 0 Å². The number of fused-ring (bicyclic) bond motifs is 1. The van der Waals surface area contributed by atoms with Gasteiger partial charge in [0.2, 0.25) is 11.8 Å². The Bertz CT molecular complexity index is 771. The summed E-state index contributed by atoms with van der Waals surface area (Å²) in [6.07, 6.45) is 0.433. The molecule has 0 bridgehead atoms. The van der Waals surface area contributed by atoms with Crippen molar-refractivity contribution in [2.75, 3.05) is 16.0 Å². The molecule has 0 aliphatic carbocycles. The Kier molecular flexibility index (Phi) is 3.60. The highest BCUT2D eigenvalue weighted by Gasteiger charge is 2.19. The second-order valence-electron chi connectivity index (χ2n) is 6.65. The molecule has 1 aliphatic rings. The van der Waals surface area contributed by atoms with Gasteiger partial charge in [-0.15, -0.1) is 0 Å². The van der Waals surface area contributed by atoms with Crippen LogP contribution in [0.2, 0.25) is 0 Å². The van der Waals surface area contributed by atoms with Gasteiger partial charge < -0.3 is 20.5 Å². The number of nitrogens with zero attached hydrogens (tertiary/aromatic N) is 1. The summed E-state index contributed by atoms with van der Waals surface area (Å²) in [6.45, 7) is 10.1. The molecule has 1 aromatic carbocycles. The number of carbonyl (C=O) groups excluding carboxylic acids is 1. The predicted molar refractivity (Wildman–Crippen MR) is 90.4 cm³/mol. The van der Waals surface area contributed by atoms with Crippen LogP contribution in [-0.2, 0) is 16.6 Å². The van der Waals surface area contributed by atoms with Crippen LogP contribution in [0.1, 0.15) is 32.0 Å². The van der Waals surface area contributed by atoms with Crippen LogP contribution < -0.4 is 16.0 Å². The molecule has 3 N–H and O–H groups in total. The highest BCUT2D eigenvalue weighted by atomic mass is 16.5. The zero-order valence-corrected chi connectivity index (χ0v) is 13.5. The van der Waals surface area contributed by atoms with E-state index in [0.29, 0.717) is 18.1 Å². The van der Waals surface area contributed by atoms with Crippen LogP contribution in [0.3, 0.4) is 0 Å². The molecule has 6 nitrogen and oxygen atoms in total. The second-order valence-corrected chi connectivity index (χ2v) is 6.65. The molecule has 6 heteroatoms. The molecule has 0 unspecified atom stereocenters. The number of anilines is 3. The number of aromatic nitrogens is 1. The van der Waals surface area contributed by atoms with Gasteiger partial charge in [0.1, 0.15) is 5.82 Å². The molecule has 3 rings (SSSR count). The van der Waals surface area contributed by atoms with Crippen LogP contribution in [0.5, 0.6) is 0 Å². The van der Waals surface area contributed by atoms with Gasteiger partial charge in [-0.3, -0.25) is 4.79 Å². The third-order valence-electron chi connectivity index (χ3n) is 3.58. The first-order chi connectivity index (χ1) is 10.8. The van der Waals surface area contributed by atoms with Gasteiger partial charge >= 0.3 is 0 Å². The summed E-state index contributed by atoms with van der Waals surface area (Å²) in [7, 11) is 0. The van der Waals surface area contributed by atoms with Crippen molar-refractivity contribution < 1.29 is 9.32 Å². The van der Waals surface area contributed by atoms with Crippen LogP contribution in [0.25, 0.3) is 0 Å². The summed E-state index contributed by atoms with van der Waals surface area (Å²) < 4.78 is 5.27. The highest BCUT2D eigenvalue weighted by Crippen LogP contribution is 2.27. The summed E-state index contributed by atoms with van der Waals surface area (Å²) in [5, 5.41) is 13.0. The number of hydrogen-bond donors (Lipinski definition) is 3. The minimum absolute atomic E-state index is 0.0190. The van der Waals surface area contributed by atoms with Crippen LogP contribution in [0.15, 0.2) is 41.2 Å². The highest BCUT2D eigenvalue weighted by molar-refractivity contribution is 5.99. The lowest BCUT2D eigenvalue weighted by Gasteiger charge is -2.13. The average Bonchev–Trinajstić information content (AvgIpc) is 3.03. The Morgan fingerprint density at radius 3 is 2.78 bits per heavy atom. The van der Waals surface area contributed by atoms with E-state index in [4.69, 9.17) is 4.52 Å². The van der Waals surface area contributed by atoms with Gasteiger partial charge in [0.05, 0.1) is 12.1 Å². The van der Waals surface area contributed by atoms with E-state index in [-0.39, 0.29) is 11.3 Å². The predicted octanol–water partition coefficient (Wildman–Crippen LogP) is 3.46. The Labute approximate surface area is 134 Å². The lowest BCUT2D eigenvalue weighted by atomic mass is 9.92. The topological polar surface area (TPSA) is 79.2 Å². The molecule has 1 aromatic heterocycles. The summed E-state index contributed by atoms with van der Waals surface area (Å²) in [5.74, 6) is 1.11. The molecule has 0 spiro atoms. The fraction of sp³-hybridized carbons (Fsp3) is 0.294. The third-order valence-corrected chi connectivity index (χ3v) is 3.58. The first-order valence-electron chi connectivity index (χ1n) is 7.44. The lowest BCUT2D eigenvalue weighted by Crippen LogP contribution is -2.11. The molecule has 0 saturated heterocycles. The van der Waals surface area contributed by atoms with Gasteiger partial charge in [0.25, 0.3) is 0 Å². The van der Waals surface area contributed by atoms with Gasteiger partial charge in [-0.2, -0.15) is 0 Å². The number of amides is 1. The monoisotopic (exact) mass is 312 g/mol. The number of nitrogens with one attached hydrogen (secondary N) is 3. The van der Waals surface area contributed by atoms with Crippen LogP contribution >= 0.6 is 0 Å². The average molecular weight is 312 g/mol. The molecule has 2 aromatic rings. The van der Waals surface area contributed by atoms with E-state index >= 15 is 0 Å². The van der Waals surface area contributed by atoms with Gasteiger partial charge in [-0.1, -0.05) is 38.6 Å². The molecule has 2 heterocycles. The molecule has 1 aliphatic heterocycles. The summed E-state index contributed by atoms with van der Waals surface area (Å²) in [6, 6.07) is 7.58. The van der Waals surface area contributed by atoms with Crippen molar-refractivity contribution >= 4 is 23.2 Å². The maximum atomic E-state index is 11.4. The Balaban J connectivity index is 1.65. The van der Waals surface area contributed by atoms with E-state index in [1.165, 1.54) is 0 Å². The van der Waals surface area contributed by atoms with Gasteiger partial charge in [-0.05, 0) is 17.7 Å². The zero-order valence-electron chi connectivity index (χ0n) is 13.5. The fourth-order valence-electron chi connectivity index (χ4n) is 2.33. The Morgan fingerprint density at radius 1 is 1.30 bits per heavy atom. The largest absolute Gasteiger partial charge is 0.342 e. The molecule has 0 radical (unpaired) electrons. The minimum Gasteiger partial charge on any atom is -0.342 e. The number of hydrogen-bond acceptors (Lipinski definition) is 5. The van der Waals surface area contributed by atoms with Crippen molar-refractivity contribution in [2.45, 2.75) is 32.6 Å². The molecule has 0 saturated carbocycles. The first kappa shape index (κ1) is 15.1. The maximum absolute atomic E-state index is 11.4. The zero-order chi connectivity index (χ0) is 16.6. The molecular weight excluding hydrogens is 292 g/mol. The van der Waals surface area contributed by atoms with E-state index in [1.54, 1.807) is 0 Å². The number of rotatable bonds is 4. The lowest BCUT2D eigenvalue weighted by molar-refractivity contribution is -0.115. The molecule has 0 atom stereocenters. The van der Waals surface area contributed by atoms with Crippen molar-refractivity contribution in [3.8, 4) is 0 Å². The van der Waals surface area contributed by atoms with Crippen LogP contribution in [0.4, 0.5) is 17.3 Å². The van der Waals surface area contributed by atoms with Crippen molar-refractivity contribution in [1.82, 2.24) is 5.16 Å². The Hall–Kier alpha value is -2.76. The minimum atomic E-state index is -0.0730. The normalized spacial score (nSPS) is 13.4. The Morgan fingerprint density at radius 2 is 2.09 bits per heavy atom. The molecule has 23 heavy (non-hydrogen) atoms. The van der Waals surface area contributed by atoms with Crippen LogP contribution in [0, 0.1) is 0 Å². The molecular formula is C17H20N4O2. The van der Waals surface area contributed by atoms with Crippen molar-refractivity contribution in [3.63, 3.8) is 0 Å². The van der Waals surface area contributed by atoms with Gasteiger partial charge in [0.15, 0.2) is 0 Å². The van der Waals surface area contributed by atoms with Crippen molar-refractivity contribution in [2.24, 2.45) is 0 Å². The van der Waals surface area contributed by atoms with E-state index < -0.39 is 0 Å². The smallest absolute Gasteiger partial charge is 0.230 e. The van der Waals surface area contributed by atoms with E-state index in [2.05, 4.69) is 48.5 Å². The second kappa shape index (κ2) is 5.46. The SMILES string of the molecule is C=C(Nc1ccc2c(c1)NC(=O)C2)Nc1cc(C(C)(C)C)no1. The quantitative estimate of drug-likeness (QED) is 0.805. The van der Waals surface area contributed by atoms with E-state index in [0.717, 1.165) is 22.6 Å². The number of benzene rings is 1. The van der Waals surface area contributed by atoms with E-state index in [1.807, 2.05) is 24.3 Å². The maximum Gasteiger partial charge on any atom is 0.230 e. The van der Waals surface area contributed by atoms with E-state index in [9.17, 15) is 4.79 Å². The molecule has 120 valence electrons. The van der Waals surface area contributed by atoms with Crippen LogP contribution in [-0.4, -0.2) is 11.1 Å². The molecule has 1 amide bonds. The van der Waals surface area contributed by atoms with Crippen molar-refractivity contribution in [3.05, 3.63) is 47.9 Å².